The van der Waals surface area contributed by atoms with E-state index < -0.39 is 0 Å². The molecule has 0 atom stereocenters. The maximum absolute atomic E-state index is 12.2. The van der Waals surface area contributed by atoms with Gasteiger partial charge in [-0.2, -0.15) is 0 Å². The van der Waals surface area contributed by atoms with Gasteiger partial charge in [-0.15, -0.1) is 0 Å². The predicted molar refractivity (Wildman–Crippen MR) is 91.0 cm³/mol. The summed E-state index contributed by atoms with van der Waals surface area (Å²) in [5, 5.41) is 6.01. The monoisotopic (exact) mass is 339 g/mol. The third kappa shape index (κ3) is 3.14. The second-order valence-electron chi connectivity index (χ2n) is 4.85. The van der Waals surface area contributed by atoms with Crippen molar-refractivity contribution in [3.05, 3.63) is 77.9 Å². The maximum atomic E-state index is 12.2. The van der Waals surface area contributed by atoms with Gasteiger partial charge >= 0.3 is 0 Å². The zero-order chi connectivity index (χ0) is 14.7. The van der Waals surface area contributed by atoms with Crippen molar-refractivity contribution in [2.75, 3.05) is 5.32 Å². The molecule has 21 heavy (non-hydrogen) atoms. The smallest absolute Gasteiger partial charge is 0.255 e. The molecule has 0 unspecified atom stereocenters. The molecule has 3 rings (SSSR count). The van der Waals surface area contributed by atoms with E-state index in [0.29, 0.717) is 5.56 Å². The standard InChI is InChI=1S/C18H14BrNO/c19-12-13-5-7-15(8-6-13)18(21)20-17-10-9-14-3-1-2-4-16(14)11-17/h1-11H,12H2,(H,20,21). The van der Waals surface area contributed by atoms with Crippen LogP contribution in [0.4, 0.5) is 5.69 Å². The Morgan fingerprint density at radius 2 is 1.62 bits per heavy atom. The van der Waals surface area contributed by atoms with Gasteiger partial charge in [-0.1, -0.05) is 58.4 Å². The Kier molecular flexibility index (Phi) is 4.02. The highest BCUT2D eigenvalue weighted by Crippen LogP contribution is 2.19. The number of hydrogen-bond donors (Lipinski definition) is 1. The van der Waals surface area contributed by atoms with Gasteiger partial charge in [0.2, 0.25) is 0 Å². The molecule has 0 aliphatic rings. The van der Waals surface area contributed by atoms with Crippen LogP contribution < -0.4 is 5.32 Å². The van der Waals surface area contributed by atoms with Gasteiger partial charge in [0.25, 0.3) is 5.91 Å². The van der Waals surface area contributed by atoms with E-state index in [-0.39, 0.29) is 5.91 Å². The van der Waals surface area contributed by atoms with Crippen molar-refractivity contribution in [1.82, 2.24) is 0 Å². The lowest BCUT2D eigenvalue weighted by Gasteiger charge is -2.07. The number of nitrogens with one attached hydrogen (secondary N) is 1. The van der Waals surface area contributed by atoms with Gasteiger partial charge in [-0.25, -0.2) is 0 Å². The molecule has 0 aromatic heterocycles. The summed E-state index contributed by atoms with van der Waals surface area (Å²) in [5.74, 6) is -0.0913. The van der Waals surface area contributed by atoms with Crippen molar-refractivity contribution >= 4 is 38.3 Å². The summed E-state index contributed by atoms with van der Waals surface area (Å²) in [4.78, 5) is 12.2. The number of anilines is 1. The van der Waals surface area contributed by atoms with E-state index in [0.717, 1.165) is 27.4 Å². The van der Waals surface area contributed by atoms with E-state index in [1.54, 1.807) is 0 Å². The fraction of sp³-hybridized carbons (Fsp3) is 0.0556. The van der Waals surface area contributed by atoms with Crippen LogP contribution in [0.5, 0.6) is 0 Å². The van der Waals surface area contributed by atoms with Gasteiger partial charge in [0, 0.05) is 16.6 Å². The second kappa shape index (κ2) is 6.10. The van der Waals surface area contributed by atoms with Gasteiger partial charge in [0.05, 0.1) is 0 Å². The van der Waals surface area contributed by atoms with Gasteiger partial charge in [0.1, 0.15) is 0 Å². The highest BCUT2D eigenvalue weighted by atomic mass is 79.9. The van der Waals surface area contributed by atoms with Crippen molar-refractivity contribution in [3.63, 3.8) is 0 Å². The molecule has 3 heteroatoms. The number of carbonyl (C=O) groups is 1. The summed E-state index contributed by atoms with van der Waals surface area (Å²) in [6.07, 6.45) is 0. The van der Waals surface area contributed by atoms with E-state index in [4.69, 9.17) is 0 Å². The van der Waals surface area contributed by atoms with Crippen molar-refractivity contribution in [1.29, 1.82) is 0 Å². The third-order valence-electron chi connectivity index (χ3n) is 3.38. The molecule has 104 valence electrons. The molecule has 0 fully saturated rings. The molecule has 2 nitrogen and oxygen atoms in total. The van der Waals surface area contributed by atoms with Crippen LogP contribution in [0.25, 0.3) is 10.8 Å². The molecule has 0 saturated carbocycles. The molecule has 1 N–H and O–H groups in total. The van der Waals surface area contributed by atoms with E-state index in [1.807, 2.05) is 60.7 Å². The van der Waals surface area contributed by atoms with Crippen molar-refractivity contribution in [2.45, 2.75) is 5.33 Å². The van der Waals surface area contributed by atoms with Crippen molar-refractivity contribution in [2.24, 2.45) is 0 Å². The van der Waals surface area contributed by atoms with Crippen LogP contribution in [-0.4, -0.2) is 5.91 Å². The van der Waals surface area contributed by atoms with Gasteiger partial charge in [-0.05, 0) is 40.6 Å². The number of amides is 1. The lowest BCUT2D eigenvalue weighted by Crippen LogP contribution is -2.11. The highest BCUT2D eigenvalue weighted by molar-refractivity contribution is 9.08. The molecule has 0 radical (unpaired) electrons. The largest absolute Gasteiger partial charge is 0.322 e. The summed E-state index contributed by atoms with van der Waals surface area (Å²) in [6.45, 7) is 0. The number of rotatable bonds is 3. The normalized spacial score (nSPS) is 10.5. The average molecular weight is 340 g/mol. The molecular formula is C18H14BrNO. The molecule has 3 aromatic carbocycles. The van der Waals surface area contributed by atoms with E-state index in [1.165, 1.54) is 0 Å². The zero-order valence-corrected chi connectivity index (χ0v) is 12.9. The van der Waals surface area contributed by atoms with Crippen LogP contribution in [0.1, 0.15) is 15.9 Å². The Morgan fingerprint density at radius 3 is 2.33 bits per heavy atom. The Bertz CT molecular complexity index is 781. The minimum Gasteiger partial charge on any atom is -0.322 e. The lowest BCUT2D eigenvalue weighted by atomic mass is 10.1. The summed E-state index contributed by atoms with van der Waals surface area (Å²) >= 11 is 3.40. The molecule has 0 saturated heterocycles. The van der Waals surface area contributed by atoms with Gasteiger partial charge in [-0.3, -0.25) is 4.79 Å². The highest BCUT2D eigenvalue weighted by Gasteiger charge is 2.06. The molecule has 0 heterocycles. The van der Waals surface area contributed by atoms with Gasteiger partial charge in [0.15, 0.2) is 0 Å². The third-order valence-corrected chi connectivity index (χ3v) is 4.03. The Hall–Kier alpha value is -2.13. The molecule has 3 aromatic rings. The fourth-order valence-electron chi connectivity index (χ4n) is 2.22. The molecular weight excluding hydrogens is 326 g/mol. The van der Waals surface area contributed by atoms with Crippen LogP contribution >= 0.6 is 15.9 Å². The minimum absolute atomic E-state index is 0.0913. The molecule has 0 aliphatic heterocycles. The van der Waals surface area contributed by atoms with Crippen LogP contribution in [0, 0.1) is 0 Å². The number of halogens is 1. The number of benzene rings is 3. The number of alkyl halides is 1. The zero-order valence-electron chi connectivity index (χ0n) is 11.3. The quantitative estimate of drug-likeness (QED) is 0.669. The van der Waals surface area contributed by atoms with Crippen LogP contribution in [0.15, 0.2) is 66.7 Å². The number of fused-ring (bicyclic) bond motifs is 1. The minimum atomic E-state index is -0.0913. The first-order valence-electron chi connectivity index (χ1n) is 6.71. The predicted octanol–water partition coefficient (Wildman–Crippen LogP) is 4.99. The van der Waals surface area contributed by atoms with E-state index >= 15 is 0 Å². The summed E-state index contributed by atoms with van der Waals surface area (Å²) in [6, 6.07) is 21.6. The Balaban J connectivity index is 1.81. The molecule has 1 amide bonds. The van der Waals surface area contributed by atoms with Crippen LogP contribution in [-0.2, 0) is 5.33 Å². The van der Waals surface area contributed by atoms with E-state index in [9.17, 15) is 4.79 Å². The first-order valence-corrected chi connectivity index (χ1v) is 7.83. The fourth-order valence-corrected chi connectivity index (χ4v) is 2.59. The first-order chi connectivity index (χ1) is 10.3. The lowest BCUT2D eigenvalue weighted by molar-refractivity contribution is 0.102. The molecule has 0 bridgehead atoms. The van der Waals surface area contributed by atoms with Crippen molar-refractivity contribution < 1.29 is 4.79 Å². The Morgan fingerprint density at radius 1 is 0.905 bits per heavy atom. The molecule has 0 spiro atoms. The Labute approximate surface area is 131 Å². The van der Waals surface area contributed by atoms with Crippen LogP contribution in [0.3, 0.4) is 0 Å². The second-order valence-corrected chi connectivity index (χ2v) is 5.41. The van der Waals surface area contributed by atoms with E-state index in [2.05, 4.69) is 27.3 Å². The van der Waals surface area contributed by atoms with Crippen molar-refractivity contribution in [3.8, 4) is 0 Å². The summed E-state index contributed by atoms with van der Waals surface area (Å²) in [5.41, 5.74) is 2.62. The first kappa shape index (κ1) is 13.8. The average Bonchev–Trinajstić information content (AvgIpc) is 2.55. The van der Waals surface area contributed by atoms with Gasteiger partial charge < -0.3 is 5.32 Å². The topological polar surface area (TPSA) is 29.1 Å². The SMILES string of the molecule is O=C(Nc1ccc2ccccc2c1)c1ccc(CBr)cc1. The van der Waals surface area contributed by atoms with Crippen LogP contribution in [0.2, 0.25) is 0 Å². The number of carbonyl (C=O) groups excluding carboxylic acids is 1. The summed E-state index contributed by atoms with van der Waals surface area (Å²) < 4.78 is 0. The summed E-state index contributed by atoms with van der Waals surface area (Å²) in [7, 11) is 0. The number of hydrogen-bond acceptors (Lipinski definition) is 1. The maximum Gasteiger partial charge on any atom is 0.255 e. The molecule has 0 aliphatic carbocycles.